The van der Waals surface area contributed by atoms with Gasteiger partial charge >= 0.3 is 11.9 Å². The number of nitrogens with zero attached hydrogens (tertiary/aromatic N) is 1. The van der Waals surface area contributed by atoms with E-state index in [2.05, 4.69) is 26.5 Å². The zero-order valence-corrected chi connectivity index (χ0v) is 13.9. The van der Waals surface area contributed by atoms with Crippen LogP contribution in [0.5, 0.6) is 11.5 Å². The largest absolute Gasteiger partial charge is 0.493 e. The number of hydrazone groups is 1. The fourth-order valence-electron chi connectivity index (χ4n) is 1.69. The van der Waals surface area contributed by atoms with Crippen molar-refractivity contribution >= 4 is 34.0 Å². The van der Waals surface area contributed by atoms with Crippen molar-refractivity contribution in [2.24, 2.45) is 5.10 Å². The number of methoxy groups -OCH3 is 1. The first kappa shape index (κ1) is 16.8. The van der Waals surface area contributed by atoms with Crippen molar-refractivity contribution in [3.8, 4) is 11.5 Å². The first-order valence-corrected chi connectivity index (χ1v) is 7.23. The number of amides is 1. The lowest BCUT2D eigenvalue weighted by molar-refractivity contribution is -0.132. The lowest BCUT2D eigenvalue weighted by atomic mass is 10.2. The van der Waals surface area contributed by atoms with Crippen LogP contribution >= 0.6 is 15.9 Å². The number of hydrogen-bond acceptors (Lipinski definition) is 6. The normalized spacial score (nSPS) is 10.6. The molecule has 0 bridgehead atoms. The van der Waals surface area contributed by atoms with E-state index in [0.29, 0.717) is 15.8 Å². The SMILES string of the molecule is COc1cc(/C=N\NC(=O)c2ccco2)cc(Br)c1OC(C)=O. The summed E-state index contributed by atoms with van der Waals surface area (Å²) in [6.45, 7) is 1.30. The van der Waals surface area contributed by atoms with Gasteiger partial charge in [-0.3, -0.25) is 9.59 Å². The fourth-order valence-corrected chi connectivity index (χ4v) is 2.23. The van der Waals surface area contributed by atoms with Gasteiger partial charge in [0.25, 0.3) is 0 Å². The van der Waals surface area contributed by atoms with Crippen molar-refractivity contribution in [3.05, 3.63) is 46.3 Å². The zero-order chi connectivity index (χ0) is 16.8. The molecule has 0 saturated carbocycles. The Morgan fingerprint density at radius 1 is 1.39 bits per heavy atom. The molecule has 0 spiro atoms. The number of rotatable bonds is 5. The second-order valence-electron chi connectivity index (χ2n) is 4.30. The molecule has 23 heavy (non-hydrogen) atoms. The van der Waals surface area contributed by atoms with Crippen LogP contribution in [0.3, 0.4) is 0 Å². The number of carbonyl (C=O) groups excluding carboxylic acids is 2. The van der Waals surface area contributed by atoms with Gasteiger partial charge in [0.05, 0.1) is 24.1 Å². The summed E-state index contributed by atoms with van der Waals surface area (Å²) in [6.07, 6.45) is 2.82. The molecule has 1 amide bonds. The molecular weight excluding hydrogens is 368 g/mol. The van der Waals surface area contributed by atoms with Gasteiger partial charge in [0.2, 0.25) is 0 Å². The number of ether oxygens (including phenoxy) is 2. The summed E-state index contributed by atoms with van der Waals surface area (Å²) in [4.78, 5) is 22.7. The third-order valence-corrected chi connectivity index (χ3v) is 3.21. The summed E-state index contributed by atoms with van der Waals surface area (Å²) in [5.41, 5.74) is 2.96. The van der Waals surface area contributed by atoms with Crippen LogP contribution in [0.15, 0.2) is 44.5 Å². The van der Waals surface area contributed by atoms with Crippen LogP contribution in [0.2, 0.25) is 0 Å². The van der Waals surface area contributed by atoms with E-state index in [1.165, 1.54) is 32.6 Å². The molecule has 0 aliphatic heterocycles. The van der Waals surface area contributed by atoms with Crippen LogP contribution in [0.25, 0.3) is 0 Å². The molecule has 1 aromatic heterocycles. The van der Waals surface area contributed by atoms with Crippen molar-refractivity contribution in [3.63, 3.8) is 0 Å². The highest BCUT2D eigenvalue weighted by molar-refractivity contribution is 9.10. The molecule has 0 aliphatic rings. The van der Waals surface area contributed by atoms with E-state index in [1.54, 1.807) is 18.2 Å². The molecule has 1 aromatic carbocycles. The molecule has 120 valence electrons. The Morgan fingerprint density at radius 3 is 2.78 bits per heavy atom. The Morgan fingerprint density at radius 2 is 2.17 bits per heavy atom. The smallest absolute Gasteiger partial charge is 0.308 e. The molecule has 2 aromatic rings. The molecule has 0 fully saturated rings. The van der Waals surface area contributed by atoms with Crippen molar-refractivity contribution < 1.29 is 23.5 Å². The van der Waals surface area contributed by atoms with Gasteiger partial charge in [-0.25, -0.2) is 5.43 Å². The summed E-state index contributed by atoms with van der Waals surface area (Å²) in [5, 5.41) is 3.84. The van der Waals surface area contributed by atoms with Crippen LogP contribution in [-0.2, 0) is 4.79 Å². The highest BCUT2D eigenvalue weighted by Gasteiger charge is 2.13. The van der Waals surface area contributed by atoms with E-state index in [0.717, 1.165) is 0 Å². The van der Waals surface area contributed by atoms with Crippen LogP contribution < -0.4 is 14.9 Å². The molecule has 7 nitrogen and oxygen atoms in total. The number of hydrogen-bond donors (Lipinski definition) is 1. The minimum absolute atomic E-state index is 0.158. The van der Waals surface area contributed by atoms with E-state index in [1.807, 2.05) is 0 Å². The predicted octanol–water partition coefficient (Wildman–Crippen LogP) is 2.74. The number of nitrogens with one attached hydrogen (secondary N) is 1. The van der Waals surface area contributed by atoms with Gasteiger partial charge in [-0.1, -0.05) is 0 Å². The molecule has 0 unspecified atom stereocenters. The van der Waals surface area contributed by atoms with Crippen molar-refractivity contribution in [2.75, 3.05) is 7.11 Å². The molecule has 1 N–H and O–H groups in total. The van der Waals surface area contributed by atoms with E-state index >= 15 is 0 Å². The monoisotopic (exact) mass is 380 g/mol. The molecule has 0 atom stereocenters. The van der Waals surface area contributed by atoms with Gasteiger partial charge in [0.1, 0.15) is 0 Å². The minimum atomic E-state index is -0.464. The highest BCUT2D eigenvalue weighted by Crippen LogP contribution is 2.36. The van der Waals surface area contributed by atoms with Gasteiger partial charge in [0, 0.05) is 6.92 Å². The topological polar surface area (TPSA) is 90.1 Å². The van der Waals surface area contributed by atoms with E-state index < -0.39 is 11.9 Å². The molecule has 0 radical (unpaired) electrons. The van der Waals surface area contributed by atoms with Crippen molar-refractivity contribution in [1.29, 1.82) is 0 Å². The number of benzene rings is 1. The van der Waals surface area contributed by atoms with Gasteiger partial charge < -0.3 is 13.9 Å². The van der Waals surface area contributed by atoms with Crippen LogP contribution in [0.4, 0.5) is 0 Å². The molecule has 0 saturated heterocycles. The van der Waals surface area contributed by atoms with Gasteiger partial charge in [-0.05, 0) is 45.8 Å². The second-order valence-corrected chi connectivity index (χ2v) is 5.16. The summed E-state index contributed by atoms with van der Waals surface area (Å²) in [7, 11) is 1.45. The predicted molar refractivity (Wildman–Crippen MR) is 85.8 cm³/mol. The first-order chi connectivity index (χ1) is 11.0. The molecule has 2 rings (SSSR count). The Balaban J connectivity index is 2.14. The zero-order valence-electron chi connectivity index (χ0n) is 12.3. The first-order valence-electron chi connectivity index (χ1n) is 6.44. The van der Waals surface area contributed by atoms with Crippen molar-refractivity contribution in [1.82, 2.24) is 5.43 Å². The third kappa shape index (κ3) is 4.43. The van der Waals surface area contributed by atoms with Gasteiger partial charge in [-0.15, -0.1) is 0 Å². The number of esters is 1. The summed E-state index contributed by atoms with van der Waals surface area (Å²) >= 11 is 3.30. The Hall–Kier alpha value is -2.61. The lowest BCUT2D eigenvalue weighted by Gasteiger charge is -2.10. The average Bonchev–Trinajstić information content (AvgIpc) is 3.03. The summed E-state index contributed by atoms with van der Waals surface area (Å²) < 4.78 is 15.7. The van der Waals surface area contributed by atoms with Gasteiger partial charge in [0.15, 0.2) is 17.3 Å². The lowest BCUT2D eigenvalue weighted by Crippen LogP contribution is -2.16. The van der Waals surface area contributed by atoms with Crippen molar-refractivity contribution in [2.45, 2.75) is 6.92 Å². The fraction of sp³-hybridized carbons (Fsp3) is 0.133. The molecule has 1 heterocycles. The molecular formula is C15H13BrN2O5. The standard InChI is InChI=1S/C15H13BrN2O5/c1-9(19)23-14-11(16)6-10(7-13(14)21-2)8-17-18-15(20)12-4-3-5-22-12/h3-8H,1-2H3,(H,18,20)/b17-8-. The number of halogens is 1. The summed E-state index contributed by atoms with van der Waals surface area (Å²) in [5.74, 6) is -0.138. The van der Waals surface area contributed by atoms with Crippen LogP contribution in [-0.4, -0.2) is 25.2 Å². The van der Waals surface area contributed by atoms with E-state index in [4.69, 9.17) is 13.9 Å². The Kier molecular flexibility index (Phi) is 5.53. The third-order valence-electron chi connectivity index (χ3n) is 2.62. The minimum Gasteiger partial charge on any atom is -0.493 e. The number of carbonyl (C=O) groups is 2. The molecule has 0 aliphatic carbocycles. The highest BCUT2D eigenvalue weighted by atomic mass is 79.9. The van der Waals surface area contributed by atoms with Gasteiger partial charge in [-0.2, -0.15) is 5.10 Å². The van der Waals surface area contributed by atoms with Crippen LogP contribution in [0.1, 0.15) is 23.0 Å². The maximum Gasteiger partial charge on any atom is 0.308 e. The van der Waals surface area contributed by atoms with E-state index in [-0.39, 0.29) is 11.5 Å². The van der Waals surface area contributed by atoms with E-state index in [9.17, 15) is 9.59 Å². The Labute approximate surface area is 140 Å². The quantitative estimate of drug-likeness (QED) is 0.372. The molecule has 8 heteroatoms. The maximum absolute atomic E-state index is 11.7. The second kappa shape index (κ2) is 7.59. The average molecular weight is 381 g/mol. The van der Waals surface area contributed by atoms with Crippen LogP contribution in [0, 0.1) is 0 Å². The number of furan rings is 1. The summed E-state index contributed by atoms with van der Waals surface area (Å²) in [6, 6.07) is 6.42. The maximum atomic E-state index is 11.7. The Bertz CT molecular complexity index is 741.